The molecule has 2 fully saturated rings. The van der Waals surface area contributed by atoms with Crippen molar-refractivity contribution >= 4 is 5.97 Å². The standard InChI is InChI=1S/C16H21NO3/c18-10-13-6-8-16(9-7-13)11-17(12-16)20-15(19)14-4-2-1-3-5-14/h1-5,13,18H,6-12H2. The number of carbonyl (C=O) groups excluding carboxylic acids is 1. The van der Waals surface area contributed by atoms with Crippen LogP contribution in [0, 0.1) is 11.3 Å². The van der Waals surface area contributed by atoms with Crippen molar-refractivity contribution in [3.05, 3.63) is 35.9 Å². The zero-order valence-electron chi connectivity index (χ0n) is 11.6. The van der Waals surface area contributed by atoms with E-state index in [2.05, 4.69) is 0 Å². The number of benzene rings is 1. The molecule has 1 N–H and O–H groups in total. The molecule has 4 nitrogen and oxygen atoms in total. The number of hydrogen-bond donors (Lipinski definition) is 1. The van der Waals surface area contributed by atoms with Gasteiger partial charge in [-0.3, -0.25) is 0 Å². The molecule has 0 unspecified atom stereocenters. The van der Waals surface area contributed by atoms with E-state index in [0.29, 0.717) is 23.5 Å². The van der Waals surface area contributed by atoms with Crippen LogP contribution in [0.15, 0.2) is 30.3 Å². The van der Waals surface area contributed by atoms with E-state index in [-0.39, 0.29) is 5.97 Å². The molecule has 20 heavy (non-hydrogen) atoms. The van der Waals surface area contributed by atoms with Crippen LogP contribution in [-0.2, 0) is 4.84 Å². The third kappa shape index (κ3) is 2.72. The molecule has 108 valence electrons. The van der Waals surface area contributed by atoms with Gasteiger partial charge >= 0.3 is 5.97 Å². The first-order valence-corrected chi connectivity index (χ1v) is 7.34. The van der Waals surface area contributed by atoms with Crippen molar-refractivity contribution in [2.75, 3.05) is 19.7 Å². The lowest BCUT2D eigenvalue weighted by Gasteiger charge is -2.51. The molecule has 1 heterocycles. The lowest BCUT2D eigenvalue weighted by molar-refractivity contribution is -0.219. The summed E-state index contributed by atoms with van der Waals surface area (Å²) >= 11 is 0. The SMILES string of the molecule is O=C(ON1CC2(CCC(CO)CC2)C1)c1ccccc1. The van der Waals surface area contributed by atoms with Crippen molar-refractivity contribution in [3.63, 3.8) is 0 Å². The first kappa shape index (κ1) is 13.6. The molecule has 0 amide bonds. The van der Waals surface area contributed by atoms with E-state index < -0.39 is 0 Å². The summed E-state index contributed by atoms with van der Waals surface area (Å²) in [7, 11) is 0. The van der Waals surface area contributed by atoms with Crippen LogP contribution >= 0.6 is 0 Å². The van der Waals surface area contributed by atoms with Gasteiger partial charge in [0.05, 0.1) is 5.56 Å². The van der Waals surface area contributed by atoms with Gasteiger partial charge in [-0.1, -0.05) is 18.2 Å². The van der Waals surface area contributed by atoms with Crippen molar-refractivity contribution < 1.29 is 14.7 Å². The van der Waals surface area contributed by atoms with Crippen LogP contribution in [0.1, 0.15) is 36.0 Å². The van der Waals surface area contributed by atoms with E-state index in [0.717, 1.165) is 38.8 Å². The minimum atomic E-state index is -0.274. The second-order valence-corrected chi connectivity index (χ2v) is 6.17. The maximum absolute atomic E-state index is 11.9. The molecule has 1 aliphatic carbocycles. The highest BCUT2D eigenvalue weighted by Crippen LogP contribution is 2.45. The Hall–Kier alpha value is -1.39. The third-order valence-corrected chi connectivity index (χ3v) is 4.67. The number of nitrogens with zero attached hydrogens (tertiary/aromatic N) is 1. The molecule has 0 aromatic heterocycles. The molecule has 1 aromatic rings. The van der Waals surface area contributed by atoms with Gasteiger partial charge in [-0.25, -0.2) is 4.79 Å². The van der Waals surface area contributed by atoms with Crippen LogP contribution in [0.2, 0.25) is 0 Å². The van der Waals surface area contributed by atoms with Gasteiger partial charge < -0.3 is 9.94 Å². The topological polar surface area (TPSA) is 49.8 Å². The molecule has 1 saturated carbocycles. The Kier molecular flexibility index (Phi) is 3.76. The van der Waals surface area contributed by atoms with E-state index in [1.165, 1.54) is 0 Å². The van der Waals surface area contributed by atoms with Gasteiger partial charge in [-0.2, -0.15) is 0 Å². The van der Waals surface area contributed by atoms with E-state index in [1.54, 1.807) is 17.2 Å². The molecule has 0 bridgehead atoms. The molecule has 1 aromatic carbocycles. The van der Waals surface area contributed by atoms with Crippen LogP contribution in [-0.4, -0.2) is 35.8 Å². The first-order valence-electron chi connectivity index (χ1n) is 7.34. The van der Waals surface area contributed by atoms with Crippen molar-refractivity contribution in [2.45, 2.75) is 25.7 Å². The van der Waals surface area contributed by atoms with Crippen molar-refractivity contribution in [1.82, 2.24) is 5.06 Å². The Morgan fingerprint density at radius 3 is 2.50 bits per heavy atom. The predicted octanol–water partition coefficient (Wildman–Crippen LogP) is 2.24. The minimum Gasteiger partial charge on any atom is -0.396 e. The van der Waals surface area contributed by atoms with Crippen LogP contribution in [0.3, 0.4) is 0 Å². The summed E-state index contributed by atoms with van der Waals surface area (Å²) in [5, 5.41) is 10.9. The summed E-state index contributed by atoms with van der Waals surface area (Å²) in [5.74, 6) is 0.200. The molecule has 0 radical (unpaired) electrons. The maximum atomic E-state index is 11.9. The Balaban J connectivity index is 1.48. The highest BCUT2D eigenvalue weighted by atomic mass is 16.7. The van der Waals surface area contributed by atoms with Gasteiger partial charge in [-0.15, -0.1) is 5.06 Å². The smallest absolute Gasteiger partial charge is 0.357 e. The number of hydroxylamine groups is 2. The Morgan fingerprint density at radius 1 is 1.25 bits per heavy atom. The van der Waals surface area contributed by atoms with Crippen molar-refractivity contribution in [1.29, 1.82) is 0 Å². The summed E-state index contributed by atoms with van der Waals surface area (Å²) in [4.78, 5) is 17.3. The Bertz CT molecular complexity index is 458. The molecule has 1 saturated heterocycles. The van der Waals surface area contributed by atoms with Crippen molar-refractivity contribution in [2.24, 2.45) is 11.3 Å². The maximum Gasteiger partial charge on any atom is 0.357 e. The molecular formula is C16H21NO3. The van der Waals surface area contributed by atoms with E-state index >= 15 is 0 Å². The second-order valence-electron chi connectivity index (χ2n) is 6.17. The van der Waals surface area contributed by atoms with Crippen LogP contribution in [0.5, 0.6) is 0 Å². The molecule has 1 spiro atoms. The van der Waals surface area contributed by atoms with Gasteiger partial charge in [0.2, 0.25) is 0 Å². The number of hydrogen-bond acceptors (Lipinski definition) is 4. The summed E-state index contributed by atoms with van der Waals surface area (Å²) in [6.45, 7) is 1.98. The summed E-state index contributed by atoms with van der Waals surface area (Å²) in [6, 6.07) is 9.10. The van der Waals surface area contributed by atoms with Gasteiger partial charge in [0.15, 0.2) is 0 Å². The lowest BCUT2D eigenvalue weighted by atomic mass is 9.67. The normalized spacial score (nSPS) is 22.4. The summed E-state index contributed by atoms with van der Waals surface area (Å²) in [6.07, 6.45) is 4.46. The molecule has 3 rings (SSSR count). The largest absolute Gasteiger partial charge is 0.396 e. The highest BCUT2D eigenvalue weighted by Gasteiger charge is 2.46. The molecule has 2 aliphatic rings. The van der Waals surface area contributed by atoms with E-state index in [4.69, 9.17) is 9.94 Å². The van der Waals surface area contributed by atoms with Gasteiger partial charge in [-0.05, 0) is 43.7 Å². The average Bonchev–Trinajstić information content (AvgIpc) is 2.47. The zero-order chi connectivity index (χ0) is 14.0. The minimum absolute atomic E-state index is 0.274. The fourth-order valence-electron chi connectivity index (χ4n) is 3.30. The van der Waals surface area contributed by atoms with Crippen LogP contribution < -0.4 is 0 Å². The molecular weight excluding hydrogens is 254 g/mol. The molecule has 4 heteroatoms. The zero-order valence-corrected chi connectivity index (χ0v) is 11.6. The Morgan fingerprint density at radius 2 is 1.90 bits per heavy atom. The van der Waals surface area contributed by atoms with Crippen molar-refractivity contribution in [3.8, 4) is 0 Å². The third-order valence-electron chi connectivity index (χ3n) is 4.67. The molecule has 1 aliphatic heterocycles. The monoisotopic (exact) mass is 275 g/mol. The Labute approximate surface area is 119 Å². The summed E-state index contributed by atoms with van der Waals surface area (Å²) < 4.78 is 0. The fraction of sp³-hybridized carbons (Fsp3) is 0.562. The quantitative estimate of drug-likeness (QED) is 0.919. The summed E-state index contributed by atoms with van der Waals surface area (Å²) in [5.41, 5.74) is 0.917. The van der Waals surface area contributed by atoms with Gasteiger partial charge in [0.25, 0.3) is 0 Å². The van der Waals surface area contributed by atoms with E-state index in [9.17, 15) is 4.79 Å². The predicted molar refractivity (Wildman–Crippen MR) is 74.9 cm³/mol. The number of aliphatic hydroxyl groups is 1. The lowest BCUT2D eigenvalue weighted by Crippen LogP contribution is -2.57. The molecule has 0 atom stereocenters. The second kappa shape index (κ2) is 5.54. The van der Waals surface area contributed by atoms with Crippen LogP contribution in [0.4, 0.5) is 0 Å². The number of aliphatic hydroxyl groups excluding tert-OH is 1. The first-order chi connectivity index (χ1) is 9.71. The number of carbonyl (C=O) groups is 1. The highest BCUT2D eigenvalue weighted by molar-refractivity contribution is 5.89. The number of rotatable bonds is 3. The van der Waals surface area contributed by atoms with Gasteiger partial charge in [0, 0.05) is 25.1 Å². The van der Waals surface area contributed by atoms with Gasteiger partial charge in [0.1, 0.15) is 0 Å². The van der Waals surface area contributed by atoms with E-state index in [1.807, 2.05) is 18.2 Å². The van der Waals surface area contributed by atoms with Crippen LogP contribution in [0.25, 0.3) is 0 Å². The average molecular weight is 275 g/mol. The fourth-order valence-corrected chi connectivity index (χ4v) is 3.30.